The largest absolute Gasteiger partial charge is 0.392 e. The van der Waals surface area contributed by atoms with Crippen molar-refractivity contribution in [3.63, 3.8) is 0 Å². The maximum atomic E-state index is 12.5. The van der Waals surface area contributed by atoms with Gasteiger partial charge in [0.1, 0.15) is 0 Å². The molecule has 1 N–H and O–H groups in total. The van der Waals surface area contributed by atoms with Gasteiger partial charge >= 0.3 is 0 Å². The highest BCUT2D eigenvalue weighted by molar-refractivity contribution is 7.89. The number of rotatable bonds is 7. The normalized spacial score (nSPS) is 12.3. The van der Waals surface area contributed by atoms with Crippen LogP contribution in [0.15, 0.2) is 23.1 Å². The molecule has 0 aromatic heterocycles. The lowest BCUT2D eigenvalue weighted by Gasteiger charge is -2.20. The molecular formula is C14H24N2O3S. The van der Waals surface area contributed by atoms with Crippen LogP contribution in [0.3, 0.4) is 0 Å². The molecule has 0 unspecified atom stereocenters. The van der Waals surface area contributed by atoms with E-state index >= 15 is 0 Å². The smallest absolute Gasteiger partial charge is 0.243 e. The fourth-order valence-electron chi connectivity index (χ4n) is 1.92. The van der Waals surface area contributed by atoms with Crippen LogP contribution in [0.5, 0.6) is 0 Å². The van der Waals surface area contributed by atoms with Gasteiger partial charge in [0.25, 0.3) is 0 Å². The van der Waals surface area contributed by atoms with Gasteiger partial charge in [0, 0.05) is 13.6 Å². The van der Waals surface area contributed by atoms with Gasteiger partial charge in [-0.2, -0.15) is 0 Å². The van der Waals surface area contributed by atoms with Gasteiger partial charge in [0.2, 0.25) is 10.0 Å². The Labute approximate surface area is 121 Å². The summed E-state index contributed by atoms with van der Waals surface area (Å²) in [4.78, 5) is 2.30. The quantitative estimate of drug-likeness (QED) is 0.818. The van der Waals surface area contributed by atoms with Gasteiger partial charge in [-0.1, -0.05) is 12.1 Å². The van der Waals surface area contributed by atoms with Crippen LogP contribution in [-0.2, 0) is 16.6 Å². The number of hydrogen-bond acceptors (Lipinski definition) is 4. The Morgan fingerprint density at radius 2 is 1.80 bits per heavy atom. The van der Waals surface area contributed by atoms with Crippen molar-refractivity contribution < 1.29 is 13.5 Å². The monoisotopic (exact) mass is 300 g/mol. The molecule has 0 bridgehead atoms. The Morgan fingerprint density at radius 3 is 2.35 bits per heavy atom. The molecule has 0 radical (unpaired) electrons. The second-order valence-corrected chi connectivity index (χ2v) is 7.25. The molecular weight excluding hydrogens is 276 g/mol. The van der Waals surface area contributed by atoms with Gasteiger partial charge in [0.15, 0.2) is 0 Å². The van der Waals surface area contributed by atoms with Crippen LogP contribution in [0.4, 0.5) is 0 Å². The van der Waals surface area contributed by atoms with Crippen molar-refractivity contribution in [3.8, 4) is 0 Å². The minimum Gasteiger partial charge on any atom is -0.392 e. The average molecular weight is 300 g/mol. The van der Waals surface area contributed by atoms with Crippen molar-refractivity contribution in [2.75, 3.05) is 34.2 Å². The molecule has 0 saturated heterocycles. The summed E-state index contributed by atoms with van der Waals surface area (Å²) >= 11 is 0. The molecule has 6 heteroatoms. The first-order valence-electron chi connectivity index (χ1n) is 6.60. The molecule has 1 rings (SSSR count). The van der Waals surface area contributed by atoms with Crippen LogP contribution in [0.1, 0.15) is 17.5 Å². The topological polar surface area (TPSA) is 60.9 Å². The Kier molecular flexibility index (Phi) is 6.13. The minimum atomic E-state index is -3.50. The average Bonchev–Trinajstić information content (AvgIpc) is 2.38. The molecule has 0 aliphatic rings. The van der Waals surface area contributed by atoms with Gasteiger partial charge in [-0.3, -0.25) is 0 Å². The molecule has 0 saturated carbocycles. The lowest BCUT2D eigenvalue weighted by Crippen LogP contribution is -2.30. The SMILES string of the molecule is Cc1ccc(CO)cc1S(=O)(=O)N(C)CCCN(C)C. The Morgan fingerprint density at radius 1 is 1.15 bits per heavy atom. The molecule has 0 aliphatic heterocycles. The Bertz CT molecular complexity index is 541. The maximum Gasteiger partial charge on any atom is 0.243 e. The summed E-state index contributed by atoms with van der Waals surface area (Å²) in [5.41, 5.74) is 1.30. The fourth-order valence-corrected chi connectivity index (χ4v) is 3.40. The summed E-state index contributed by atoms with van der Waals surface area (Å²) in [5, 5.41) is 9.15. The summed E-state index contributed by atoms with van der Waals surface area (Å²) in [7, 11) is 2.02. The standard InChI is InChI=1S/C14H24N2O3S/c1-12-6-7-13(11-17)10-14(12)20(18,19)16(4)9-5-8-15(2)3/h6-7,10,17H,5,8-9,11H2,1-4H3. The van der Waals surface area contributed by atoms with E-state index in [4.69, 9.17) is 5.11 Å². The molecule has 5 nitrogen and oxygen atoms in total. The van der Waals surface area contributed by atoms with Gasteiger partial charge in [-0.05, 0) is 51.2 Å². The zero-order valence-corrected chi connectivity index (χ0v) is 13.4. The van der Waals surface area contributed by atoms with Crippen LogP contribution < -0.4 is 0 Å². The van der Waals surface area contributed by atoms with Crippen molar-refractivity contribution in [1.29, 1.82) is 0 Å². The number of nitrogens with zero attached hydrogens (tertiary/aromatic N) is 2. The van der Waals surface area contributed by atoms with E-state index in [1.807, 2.05) is 19.0 Å². The van der Waals surface area contributed by atoms with E-state index in [1.54, 1.807) is 32.2 Å². The van der Waals surface area contributed by atoms with E-state index < -0.39 is 10.0 Å². The summed E-state index contributed by atoms with van der Waals surface area (Å²) in [5.74, 6) is 0. The van der Waals surface area contributed by atoms with Crippen molar-refractivity contribution in [3.05, 3.63) is 29.3 Å². The van der Waals surface area contributed by atoms with Crippen LogP contribution in [-0.4, -0.2) is 57.0 Å². The Hall–Kier alpha value is -0.950. The molecule has 0 atom stereocenters. The number of aliphatic hydroxyl groups excluding tert-OH is 1. The summed E-state index contributed by atoms with van der Waals surface area (Å²) in [6, 6.07) is 5.01. The third kappa shape index (κ3) is 4.28. The van der Waals surface area contributed by atoms with Crippen molar-refractivity contribution in [2.24, 2.45) is 0 Å². The first kappa shape index (κ1) is 17.1. The van der Waals surface area contributed by atoms with Crippen LogP contribution in [0.2, 0.25) is 0 Å². The molecule has 1 aromatic carbocycles. The van der Waals surface area contributed by atoms with E-state index in [9.17, 15) is 8.42 Å². The zero-order chi connectivity index (χ0) is 15.3. The van der Waals surface area contributed by atoms with Gasteiger partial charge in [-0.25, -0.2) is 12.7 Å². The number of sulfonamides is 1. The van der Waals surface area contributed by atoms with Gasteiger partial charge < -0.3 is 10.0 Å². The zero-order valence-electron chi connectivity index (χ0n) is 12.6. The summed E-state index contributed by atoms with van der Waals surface area (Å²) in [6.45, 7) is 2.92. The molecule has 0 amide bonds. The fraction of sp³-hybridized carbons (Fsp3) is 0.571. The highest BCUT2D eigenvalue weighted by Gasteiger charge is 2.22. The van der Waals surface area contributed by atoms with E-state index in [0.29, 0.717) is 17.7 Å². The van der Waals surface area contributed by atoms with Crippen molar-refractivity contribution in [1.82, 2.24) is 9.21 Å². The van der Waals surface area contributed by atoms with Crippen LogP contribution >= 0.6 is 0 Å². The number of benzene rings is 1. The number of aliphatic hydroxyl groups is 1. The highest BCUT2D eigenvalue weighted by atomic mass is 32.2. The van der Waals surface area contributed by atoms with E-state index in [2.05, 4.69) is 0 Å². The van der Waals surface area contributed by atoms with E-state index in [0.717, 1.165) is 13.0 Å². The first-order chi connectivity index (χ1) is 9.28. The van der Waals surface area contributed by atoms with E-state index in [-0.39, 0.29) is 11.5 Å². The predicted molar refractivity (Wildman–Crippen MR) is 80.1 cm³/mol. The molecule has 20 heavy (non-hydrogen) atoms. The van der Waals surface area contributed by atoms with Crippen molar-refractivity contribution in [2.45, 2.75) is 24.8 Å². The van der Waals surface area contributed by atoms with E-state index in [1.165, 1.54) is 4.31 Å². The van der Waals surface area contributed by atoms with Crippen LogP contribution in [0, 0.1) is 6.92 Å². The molecule has 0 heterocycles. The lowest BCUT2D eigenvalue weighted by atomic mass is 10.2. The predicted octanol–water partition coefficient (Wildman–Crippen LogP) is 1.06. The lowest BCUT2D eigenvalue weighted by molar-refractivity contribution is 0.281. The van der Waals surface area contributed by atoms with Gasteiger partial charge in [-0.15, -0.1) is 0 Å². The molecule has 0 spiro atoms. The second-order valence-electron chi connectivity index (χ2n) is 5.24. The summed E-state index contributed by atoms with van der Waals surface area (Å²) < 4.78 is 26.4. The second kappa shape index (κ2) is 7.17. The minimum absolute atomic E-state index is 0.160. The molecule has 0 aliphatic carbocycles. The third-order valence-corrected chi connectivity index (χ3v) is 5.20. The summed E-state index contributed by atoms with van der Waals surface area (Å²) in [6.07, 6.45) is 0.779. The van der Waals surface area contributed by atoms with Gasteiger partial charge in [0.05, 0.1) is 11.5 Å². The first-order valence-corrected chi connectivity index (χ1v) is 8.04. The third-order valence-electron chi connectivity index (χ3n) is 3.20. The number of aryl methyl sites for hydroxylation is 1. The number of hydrogen-bond donors (Lipinski definition) is 1. The molecule has 1 aromatic rings. The molecule has 0 fully saturated rings. The van der Waals surface area contributed by atoms with Crippen molar-refractivity contribution >= 4 is 10.0 Å². The highest BCUT2D eigenvalue weighted by Crippen LogP contribution is 2.20. The molecule has 114 valence electrons. The maximum absolute atomic E-state index is 12.5. The van der Waals surface area contributed by atoms with Crippen LogP contribution in [0.25, 0.3) is 0 Å². The Balaban J connectivity index is 2.92.